The van der Waals surface area contributed by atoms with E-state index in [1.54, 1.807) is 35.2 Å². The van der Waals surface area contributed by atoms with E-state index in [0.717, 1.165) is 5.56 Å². The molecule has 3 rings (SSSR count). The monoisotopic (exact) mass is 493 g/mol. The Bertz CT molecular complexity index is 1100. The van der Waals surface area contributed by atoms with Crippen LogP contribution in [0.15, 0.2) is 48.5 Å². The number of benzene rings is 2. The van der Waals surface area contributed by atoms with Crippen LogP contribution in [-0.2, 0) is 26.0 Å². The third-order valence-electron chi connectivity index (χ3n) is 5.73. The Kier molecular flexibility index (Phi) is 8.37. The number of carbonyl (C=O) groups is 2. The molecule has 2 atom stereocenters. The first-order valence-corrected chi connectivity index (χ1v) is 13.1. The Hall–Kier alpha value is -2.58. The van der Waals surface area contributed by atoms with E-state index in [0.29, 0.717) is 23.6 Å². The number of carbonyl (C=O) groups excluding carboxylic acids is 2. The molecule has 33 heavy (non-hydrogen) atoms. The van der Waals surface area contributed by atoms with Gasteiger partial charge in [-0.1, -0.05) is 48.9 Å². The van der Waals surface area contributed by atoms with Gasteiger partial charge in [0.1, 0.15) is 17.9 Å². The molecular weight excluding hydrogens is 466 g/mol. The molecule has 0 saturated carbocycles. The zero-order valence-electron chi connectivity index (χ0n) is 18.7. The molecule has 0 N–H and O–H groups in total. The standard InChI is InChI=1S/C24H28ClNO6S/c1-3-17(2)26(19-12-13-33(29,30)16-19)23(27)15-32-24(28)20-9-5-7-11-22(20)31-14-18-8-4-6-10-21(18)25/h4-11,17,19H,3,12-16H2,1-2H3/t17-,19-/m0/s1. The average molecular weight is 494 g/mol. The van der Waals surface area contributed by atoms with E-state index < -0.39 is 34.4 Å². The molecule has 0 aromatic heterocycles. The van der Waals surface area contributed by atoms with Crippen LogP contribution in [0.5, 0.6) is 5.75 Å². The van der Waals surface area contributed by atoms with E-state index in [-0.39, 0.29) is 29.7 Å². The lowest BCUT2D eigenvalue weighted by molar-refractivity contribution is -0.138. The predicted octanol–water partition coefficient (Wildman–Crippen LogP) is 3.89. The average Bonchev–Trinajstić information content (AvgIpc) is 3.16. The van der Waals surface area contributed by atoms with Gasteiger partial charge in [-0.2, -0.15) is 0 Å². The Morgan fingerprint density at radius 1 is 1.15 bits per heavy atom. The number of sulfone groups is 1. The second kappa shape index (κ2) is 11.0. The van der Waals surface area contributed by atoms with Crippen molar-refractivity contribution in [1.29, 1.82) is 0 Å². The van der Waals surface area contributed by atoms with E-state index in [1.807, 2.05) is 32.0 Å². The minimum Gasteiger partial charge on any atom is -0.488 e. The number of amides is 1. The van der Waals surface area contributed by atoms with Gasteiger partial charge in [-0.15, -0.1) is 0 Å². The van der Waals surface area contributed by atoms with Gasteiger partial charge in [0.25, 0.3) is 5.91 Å². The summed E-state index contributed by atoms with van der Waals surface area (Å²) in [6, 6.07) is 13.3. The fourth-order valence-corrected chi connectivity index (χ4v) is 5.71. The van der Waals surface area contributed by atoms with E-state index >= 15 is 0 Å². The van der Waals surface area contributed by atoms with Crippen LogP contribution in [0.3, 0.4) is 0 Å². The molecule has 1 heterocycles. The molecule has 0 spiro atoms. The van der Waals surface area contributed by atoms with Gasteiger partial charge in [-0.05, 0) is 38.0 Å². The zero-order chi connectivity index (χ0) is 24.0. The highest BCUT2D eigenvalue weighted by Gasteiger charge is 2.36. The summed E-state index contributed by atoms with van der Waals surface area (Å²) in [5, 5.41) is 0.558. The molecular formula is C24H28ClNO6S. The van der Waals surface area contributed by atoms with Crippen molar-refractivity contribution in [1.82, 2.24) is 4.90 Å². The van der Waals surface area contributed by atoms with Crippen molar-refractivity contribution >= 4 is 33.3 Å². The van der Waals surface area contributed by atoms with E-state index in [9.17, 15) is 18.0 Å². The summed E-state index contributed by atoms with van der Waals surface area (Å²) in [6.45, 7) is 3.48. The fraction of sp³-hybridized carbons (Fsp3) is 0.417. The number of ether oxygens (including phenoxy) is 2. The summed E-state index contributed by atoms with van der Waals surface area (Å²) >= 11 is 6.16. The maximum atomic E-state index is 12.9. The Morgan fingerprint density at radius 2 is 1.85 bits per heavy atom. The molecule has 1 aliphatic rings. The van der Waals surface area contributed by atoms with E-state index in [1.165, 1.54) is 0 Å². The molecule has 1 saturated heterocycles. The van der Waals surface area contributed by atoms with Crippen LogP contribution in [0.2, 0.25) is 5.02 Å². The Balaban J connectivity index is 1.66. The van der Waals surface area contributed by atoms with Crippen LogP contribution in [0.25, 0.3) is 0 Å². The molecule has 0 bridgehead atoms. The van der Waals surface area contributed by atoms with Crippen molar-refractivity contribution in [3.63, 3.8) is 0 Å². The highest BCUT2D eigenvalue weighted by atomic mass is 35.5. The number of esters is 1. The maximum absolute atomic E-state index is 12.9. The highest BCUT2D eigenvalue weighted by Crippen LogP contribution is 2.24. The first kappa shape index (κ1) is 25.1. The number of rotatable bonds is 9. The molecule has 9 heteroatoms. The van der Waals surface area contributed by atoms with Gasteiger partial charge in [0, 0.05) is 22.7 Å². The largest absolute Gasteiger partial charge is 0.488 e. The normalized spacial score (nSPS) is 17.8. The van der Waals surface area contributed by atoms with Crippen molar-refractivity contribution in [3.8, 4) is 5.75 Å². The Labute approximate surface area is 199 Å². The first-order chi connectivity index (χ1) is 15.7. The molecule has 2 aromatic rings. The minimum absolute atomic E-state index is 0.0598. The van der Waals surface area contributed by atoms with Crippen LogP contribution < -0.4 is 4.74 Å². The van der Waals surface area contributed by atoms with Crippen LogP contribution in [0.1, 0.15) is 42.6 Å². The number of hydrogen-bond donors (Lipinski definition) is 0. The third-order valence-corrected chi connectivity index (χ3v) is 7.85. The number of halogens is 1. The lowest BCUT2D eigenvalue weighted by atomic mass is 10.1. The predicted molar refractivity (Wildman–Crippen MR) is 126 cm³/mol. The summed E-state index contributed by atoms with van der Waals surface area (Å²) in [5.74, 6) is -0.783. The molecule has 0 aliphatic carbocycles. The fourth-order valence-electron chi connectivity index (χ4n) is 3.81. The topological polar surface area (TPSA) is 90.0 Å². The second-order valence-electron chi connectivity index (χ2n) is 8.07. The Morgan fingerprint density at radius 3 is 2.52 bits per heavy atom. The van der Waals surface area contributed by atoms with Crippen LogP contribution in [-0.4, -0.2) is 55.4 Å². The number of para-hydroxylation sites is 1. The molecule has 1 fully saturated rings. The van der Waals surface area contributed by atoms with Crippen molar-refractivity contribution in [2.45, 2.75) is 45.4 Å². The molecule has 0 unspecified atom stereocenters. The number of hydrogen-bond acceptors (Lipinski definition) is 6. The summed E-state index contributed by atoms with van der Waals surface area (Å²) < 4.78 is 34.9. The van der Waals surface area contributed by atoms with E-state index in [2.05, 4.69) is 0 Å². The molecule has 7 nitrogen and oxygen atoms in total. The van der Waals surface area contributed by atoms with Crippen molar-refractivity contribution in [2.75, 3.05) is 18.1 Å². The lowest BCUT2D eigenvalue weighted by Crippen LogP contribution is -2.48. The molecule has 1 aliphatic heterocycles. The van der Waals surface area contributed by atoms with Crippen LogP contribution in [0.4, 0.5) is 0 Å². The maximum Gasteiger partial charge on any atom is 0.342 e. The zero-order valence-corrected chi connectivity index (χ0v) is 20.3. The van der Waals surface area contributed by atoms with Crippen molar-refractivity contribution < 1.29 is 27.5 Å². The highest BCUT2D eigenvalue weighted by molar-refractivity contribution is 7.91. The number of nitrogens with zero attached hydrogens (tertiary/aromatic N) is 1. The smallest absolute Gasteiger partial charge is 0.342 e. The lowest BCUT2D eigenvalue weighted by Gasteiger charge is -2.33. The van der Waals surface area contributed by atoms with Gasteiger partial charge < -0.3 is 14.4 Å². The van der Waals surface area contributed by atoms with Crippen molar-refractivity contribution in [3.05, 3.63) is 64.7 Å². The van der Waals surface area contributed by atoms with Crippen LogP contribution >= 0.6 is 11.6 Å². The van der Waals surface area contributed by atoms with E-state index in [4.69, 9.17) is 21.1 Å². The third kappa shape index (κ3) is 6.48. The SMILES string of the molecule is CC[C@H](C)N(C(=O)COC(=O)c1ccccc1OCc1ccccc1Cl)[C@H]1CCS(=O)(=O)C1. The van der Waals surface area contributed by atoms with Gasteiger partial charge in [0.2, 0.25) is 0 Å². The minimum atomic E-state index is -3.16. The van der Waals surface area contributed by atoms with Gasteiger partial charge in [-0.25, -0.2) is 13.2 Å². The summed E-state index contributed by atoms with van der Waals surface area (Å²) in [4.78, 5) is 27.2. The molecule has 1 amide bonds. The second-order valence-corrected chi connectivity index (χ2v) is 10.7. The van der Waals surface area contributed by atoms with Gasteiger partial charge in [0.15, 0.2) is 16.4 Å². The quantitative estimate of drug-likeness (QED) is 0.492. The summed E-state index contributed by atoms with van der Waals surface area (Å²) in [7, 11) is -3.16. The van der Waals surface area contributed by atoms with Gasteiger partial charge >= 0.3 is 5.97 Å². The molecule has 178 valence electrons. The summed E-state index contributed by atoms with van der Waals surface area (Å²) in [5.41, 5.74) is 0.962. The van der Waals surface area contributed by atoms with Crippen LogP contribution in [0, 0.1) is 0 Å². The van der Waals surface area contributed by atoms with Gasteiger partial charge in [-0.3, -0.25) is 4.79 Å². The first-order valence-electron chi connectivity index (χ1n) is 10.9. The van der Waals surface area contributed by atoms with Crippen molar-refractivity contribution in [2.24, 2.45) is 0 Å². The molecule has 2 aromatic carbocycles. The summed E-state index contributed by atoms with van der Waals surface area (Å²) in [6.07, 6.45) is 1.06. The molecule has 0 radical (unpaired) electrons. The van der Waals surface area contributed by atoms with Gasteiger partial charge in [0.05, 0.1) is 11.5 Å².